The van der Waals surface area contributed by atoms with Crippen LogP contribution in [0.25, 0.3) is 22.0 Å². The van der Waals surface area contributed by atoms with E-state index in [9.17, 15) is 23.1 Å². The van der Waals surface area contributed by atoms with Crippen LogP contribution in [0, 0.1) is 12.8 Å². The van der Waals surface area contributed by atoms with E-state index < -0.39 is 18.0 Å². The Bertz CT molecular complexity index is 1070. The first-order valence-electron chi connectivity index (χ1n) is 8.84. The van der Waals surface area contributed by atoms with E-state index in [0.717, 1.165) is 10.8 Å². The van der Waals surface area contributed by atoms with E-state index in [4.69, 9.17) is 0 Å². The average molecular weight is 404 g/mol. The van der Waals surface area contributed by atoms with Crippen LogP contribution in [-0.2, 0) is 4.79 Å². The monoisotopic (exact) mass is 404 g/mol. The topological polar surface area (TPSA) is 88.0 Å². The second kappa shape index (κ2) is 7.75. The van der Waals surface area contributed by atoms with Crippen LogP contribution in [0.15, 0.2) is 36.8 Å². The van der Waals surface area contributed by atoms with Crippen LogP contribution in [0.3, 0.4) is 0 Å². The Labute approximate surface area is 164 Å². The number of rotatable bonds is 4. The van der Waals surface area contributed by atoms with Crippen molar-refractivity contribution in [1.82, 2.24) is 15.0 Å². The molecule has 0 spiro atoms. The Morgan fingerprint density at radius 3 is 2.31 bits per heavy atom. The number of nitrogens with one attached hydrogen (secondary N) is 1. The summed E-state index contributed by atoms with van der Waals surface area (Å²) in [5.74, 6) is 0.0839. The Morgan fingerprint density at radius 1 is 1.03 bits per heavy atom. The summed E-state index contributed by atoms with van der Waals surface area (Å²) in [5.41, 5.74) is 1.09. The minimum atomic E-state index is -4.78. The van der Waals surface area contributed by atoms with Crippen LogP contribution in [0.5, 0.6) is 0 Å². The molecular formula is C20H19F3N4O2. The molecule has 1 amide bonds. The number of carbonyl (C=O) groups excluding carboxylic acids is 1. The van der Waals surface area contributed by atoms with E-state index in [1.165, 1.54) is 12.3 Å². The van der Waals surface area contributed by atoms with Crippen molar-refractivity contribution in [2.75, 3.05) is 5.32 Å². The first-order chi connectivity index (χ1) is 13.6. The molecule has 0 unspecified atom stereocenters. The highest BCUT2D eigenvalue weighted by atomic mass is 19.4. The highest BCUT2D eigenvalue weighted by Gasteiger charge is 2.40. The molecule has 0 radical (unpaired) electrons. The minimum absolute atomic E-state index is 0.149. The van der Waals surface area contributed by atoms with Gasteiger partial charge in [-0.2, -0.15) is 13.2 Å². The maximum absolute atomic E-state index is 12.7. The van der Waals surface area contributed by atoms with Crippen molar-refractivity contribution in [3.05, 3.63) is 48.0 Å². The first-order valence-corrected chi connectivity index (χ1v) is 8.84. The number of alkyl halides is 3. The van der Waals surface area contributed by atoms with Crippen molar-refractivity contribution >= 4 is 22.5 Å². The predicted octanol–water partition coefficient (Wildman–Crippen LogP) is 4.19. The number of aliphatic hydroxyl groups is 1. The molecule has 29 heavy (non-hydrogen) atoms. The highest BCUT2D eigenvalue weighted by Crippen LogP contribution is 2.33. The molecule has 2 N–H and O–H groups in total. The molecular weight excluding hydrogens is 385 g/mol. The van der Waals surface area contributed by atoms with Crippen molar-refractivity contribution in [3.63, 3.8) is 0 Å². The van der Waals surface area contributed by atoms with Crippen LogP contribution in [0.4, 0.5) is 19.0 Å². The van der Waals surface area contributed by atoms with Gasteiger partial charge in [-0.15, -0.1) is 0 Å². The molecule has 0 bridgehead atoms. The Morgan fingerprint density at radius 2 is 1.69 bits per heavy atom. The van der Waals surface area contributed by atoms with Gasteiger partial charge in [0.05, 0.1) is 11.4 Å². The number of pyridine rings is 3. The molecule has 0 aromatic carbocycles. The van der Waals surface area contributed by atoms with Gasteiger partial charge in [-0.05, 0) is 30.7 Å². The van der Waals surface area contributed by atoms with E-state index in [1.807, 2.05) is 0 Å². The summed E-state index contributed by atoms with van der Waals surface area (Å²) in [5, 5.41) is 13.6. The molecule has 0 saturated heterocycles. The van der Waals surface area contributed by atoms with E-state index in [0.29, 0.717) is 22.6 Å². The summed E-state index contributed by atoms with van der Waals surface area (Å²) in [6, 6.07) is 4.63. The van der Waals surface area contributed by atoms with Gasteiger partial charge in [-0.3, -0.25) is 14.8 Å². The van der Waals surface area contributed by atoms with E-state index in [1.54, 1.807) is 45.3 Å². The minimum Gasteiger partial charge on any atom is -0.378 e. The predicted molar refractivity (Wildman–Crippen MR) is 102 cm³/mol. The van der Waals surface area contributed by atoms with Crippen molar-refractivity contribution < 1.29 is 23.1 Å². The molecule has 0 aliphatic heterocycles. The van der Waals surface area contributed by atoms with E-state index in [2.05, 4.69) is 20.3 Å². The summed E-state index contributed by atoms with van der Waals surface area (Å²) in [6.45, 7) is 5.18. The number of carbonyl (C=O) groups is 1. The number of hydrogen-bond acceptors (Lipinski definition) is 5. The average Bonchev–Trinajstić information content (AvgIpc) is 2.66. The molecule has 6 nitrogen and oxygen atoms in total. The van der Waals surface area contributed by atoms with Crippen LogP contribution >= 0.6 is 0 Å². The summed E-state index contributed by atoms with van der Waals surface area (Å²) >= 11 is 0. The zero-order valence-corrected chi connectivity index (χ0v) is 15.9. The fraction of sp³-hybridized carbons (Fsp3) is 0.300. The van der Waals surface area contributed by atoms with Gasteiger partial charge < -0.3 is 10.4 Å². The molecule has 0 fully saturated rings. The van der Waals surface area contributed by atoms with Gasteiger partial charge in [-0.25, -0.2) is 4.98 Å². The summed E-state index contributed by atoms with van der Waals surface area (Å²) in [4.78, 5) is 24.1. The molecule has 3 rings (SSSR count). The molecule has 1 atom stereocenters. The summed E-state index contributed by atoms with van der Waals surface area (Å²) < 4.78 is 38.1. The maximum atomic E-state index is 12.7. The Kier molecular flexibility index (Phi) is 5.52. The van der Waals surface area contributed by atoms with Gasteiger partial charge >= 0.3 is 6.18 Å². The summed E-state index contributed by atoms with van der Waals surface area (Å²) in [7, 11) is 0. The third kappa shape index (κ3) is 4.51. The quantitative estimate of drug-likeness (QED) is 0.681. The van der Waals surface area contributed by atoms with Crippen LogP contribution in [0.2, 0.25) is 0 Å². The molecule has 0 aliphatic carbocycles. The number of hydrogen-bond donors (Lipinski definition) is 2. The van der Waals surface area contributed by atoms with E-state index >= 15 is 0 Å². The van der Waals surface area contributed by atoms with Gasteiger partial charge in [0.2, 0.25) is 5.91 Å². The van der Waals surface area contributed by atoms with Crippen molar-refractivity contribution in [3.8, 4) is 11.3 Å². The Hall–Kier alpha value is -3.07. The summed E-state index contributed by atoms with van der Waals surface area (Å²) in [6.07, 6.45) is -2.98. The van der Waals surface area contributed by atoms with Gasteiger partial charge in [0.15, 0.2) is 6.10 Å². The van der Waals surface area contributed by atoms with Crippen LogP contribution in [0.1, 0.15) is 31.2 Å². The number of aryl methyl sites for hydroxylation is 1. The van der Waals surface area contributed by atoms with Gasteiger partial charge in [0.1, 0.15) is 5.82 Å². The molecule has 152 valence electrons. The SMILES string of the molecule is Cc1cc([C@@H](O)C(F)(F)F)ncc1-c1cc2cnc(NC(=O)C(C)C)cc2cn1. The molecule has 3 heterocycles. The van der Waals surface area contributed by atoms with Crippen molar-refractivity contribution in [2.24, 2.45) is 5.92 Å². The lowest BCUT2D eigenvalue weighted by Gasteiger charge is -2.15. The van der Waals surface area contributed by atoms with Crippen LogP contribution in [-0.4, -0.2) is 32.1 Å². The third-order valence-electron chi connectivity index (χ3n) is 4.38. The molecule has 3 aromatic heterocycles. The van der Waals surface area contributed by atoms with Gasteiger partial charge in [0, 0.05) is 40.8 Å². The zero-order valence-electron chi connectivity index (χ0n) is 15.9. The smallest absolute Gasteiger partial charge is 0.378 e. The number of halogens is 3. The fourth-order valence-electron chi connectivity index (χ4n) is 2.69. The highest BCUT2D eigenvalue weighted by molar-refractivity contribution is 5.94. The molecule has 0 saturated carbocycles. The second-order valence-electron chi connectivity index (χ2n) is 7.00. The van der Waals surface area contributed by atoms with Crippen molar-refractivity contribution in [1.29, 1.82) is 0 Å². The van der Waals surface area contributed by atoms with Gasteiger partial charge in [0.25, 0.3) is 0 Å². The first kappa shape index (κ1) is 20.7. The van der Waals surface area contributed by atoms with Crippen LogP contribution < -0.4 is 5.32 Å². The number of nitrogens with zero attached hydrogens (tertiary/aromatic N) is 3. The van der Waals surface area contributed by atoms with Gasteiger partial charge in [-0.1, -0.05) is 13.8 Å². The maximum Gasteiger partial charge on any atom is 0.420 e. The zero-order chi connectivity index (χ0) is 21.3. The fourth-order valence-corrected chi connectivity index (χ4v) is 2.69. The lowest BCUT2D eigenvalue weighted by Crippen LogP contribution is -2.21. The van der Waals surface area contributed by atoms with Crippen molar-refractivity contribution in [2.45, 2.75) is 33.1 Å². The Balaban J connectivity index is 1.91. The number of aromatic nitrogens is 3. The molecule has 3 aromatic rings. The largest absolute Gasteiger partial charge is 0.420 e. The third-order valence-corrected chi connectivity index (χ3v) is 4.38. The number of amides is 1. The number of aliphatic hydroxyl groups excluding tert-OH is 1. The lowest BCUT2D eigenvalue weighted by atomic mass is 10.0. The molecule has 0 aliphatic rings. The lowest BCUT2D eigenvalue weighted by molar-refractivity contribution is -0.207. The number of fused-ring (bicyclic) bond motifs is 1. The molecule has 9 heteroatoms. The number of anilines is 1. The normalized spacial score (nSPS) is 13.0. The standard InChI is InChI=1S/C20H19F3N4O2/c1-10(2)19(29)27-17-6-13-7-24-15(5-12(13)8-26-17)14-9-25-16(4-11(14)3)18(28)20(21,22)23/h4-10,18,28H,1-3H3,(H,26,27,29)/t18-/m1/s1. The second-order valence-corrected chi connectivity index (χ2v) is 7.00. The van der Waals surface area contributed by atoms with E-state index in [-0.39, 0.29) is 11.8 Å².